The first kappa shape index (κ1) is 10.6. The Kier molecular flexibility index (Phi) is 3.06. The number of likely N-dealkylation sites (tertiary alicyclic amines) is 1. The smallest absolute Gasteiger partial charge is 0.0303 e. The van der Waals surface area contributed by atoms with Gasteiger partial charge in [0.25, 0.3) is 0 Å². The third kappa shape index (κ3) is 2.05. The molecule has 82 valence electrons. The molecule has 0 N–H and O–H groups in total. The average Bonchev–Trinajstić information content (AvgIpc) is 2.61. The maximum atomic E-state index is 4.23. The number of rotatable bonds is 2. The maximum Gasteiger partial charge on any atom is 0.0303 e. The van der Waals surface area contributed by atoms with Crippen molar-refractivity contribution >= 4 is 0 Å². The minimum Gasteiger partial charge on any atom is -0.303 e. The van der Waals surface area contributed by atoms with Gasteiger partial charge in [-0.2, -0.15) is 0 Å². The summed E-state index contributed by atoms with van der Waals surface area (Å²) in [6.07, 6.45) is 5.15. The van der Waals surface area contributed by atoms with Crippen LogP contribution in [0.2, 0.25) is 0 Å². The second-order valence-electron chi connectivity index (χ2n) is 4.90. The highest BCUT2D eigenvalue weighted by Gasteiger charge is 2.34. The largest absolute Gasteiger partial charge is 0.303 e. The second kappa shape index (κ2) is 4.31. The van der Waals surface area contributed by atoms with E-state index in [2.05, 4.69) is 36.8 Å². The minimum atomic E-state index is 0.670. The van der Waals surface area contributed by atoms with Crippen LogP contribution in [0.15, 0.2) is 24.5 Å². The van der Waals surface area contributed by atoms with Crippen molar-refractivity contribution in [3.63, 3.8) is 0 Å². The van der Waals surface area contributed by atoms with E-state index in [1.807, 2.05) is 18.5 Å². The van der Waals surface area contributed by atoms with Gasteiger partial charge in [-0.3, -0.25) is 4.98 Å². The van der Waals surface area contributed by atoms with Crippen molar-refractivity contribution in [3.05, 3.63) is 30.1 Å². The lowest BCUT2D eigenvalue weighted by Crippen LogP contribution is -2.33. The van der Waals surface area contributed by atoms with Gasteiger partial charge in [0.2, 0.25) is 0 Å². The molecule has 0 bridgehead atoms. The molecule has 15 heavy (non-hydrogen) atoms. The van der Waals surface area contributed by atoms with E-state index < -0.39 is 0 Å². The Morgan fingerprint density at radius 2 is 2.27 bits per heavy atom. The van der Waals surface area contributed by atoms with E-state index >= 15 is 0 Å². The summed E-state index contributed by atoms with van der Waals surface area (Å²) in [7, 11) is 2.24. The molecule has 0 radical (unpaired) electrons. The van der Waals surface area contributed by atoms with Gasteiger partial charge in [-0.05, 0) is 37.6 Å². The summed E-state index contributed by atoms with van der Waals surface area (Å²) in [5.74, 6) is 1.38. The predicted molar refractivity (Wildman–Crippen MR) is 62.9 cm³/mol. The van der Waals surface area contributed by atoms with Crippen LogP contribution in [0.4, 0.5) is 0 Å². The average molecular weight is 204 g/mol. The fraction of sp³-hybridized carbons (Fsp3) is 0.615. The van der Waals surface area contributed by atoms with Gasteiger partial charge in [0.1, 0.15) is 0 Å². The highest BCUT2D eigenvalue weighted by atomic mass is 15.2. The summed E-state index contributed by atoms with van der Waals surface area (Å²) in [6.45, 7) is 5.84. The van der Waals surface area contributed by atoms with Crippen molar-refractivity contribution in [3.8, 4) is 0 Å². The van der Waals surface area contributed by atoms with Crippen LogP contribution < -0.4 is 0 Å². The standard InChI is InChI=1S/C13H20N2/c1-10(2)13-12(6-8-15(13)3)11-5-4-7-14-9-11/h4-5,7,9-10,12-13H,6,8H2,1-3H3. The van der Waals surface area contributed by atoms with E-state index in [1.54, 1.807) is 0 Å². The van der Waals surface area contributed by atoms with Crippen molar-refractivity contribution in [2.24, 2.45) is 5.92 Å². The van der Waals surface area contributed by atoms with Crippen LogP contribution in [-0.4, -0.2) is 29.5 Å². The van der Waals surface area contributed by atoms with E-state index in [-0.39, 0.29) is 0 Å². The highest BCUT2D eigenvalue weighted by molar-refractivity contribution is 5.19. The number of likely N-dealkylation sites (N-methyl/N-ethyl adjacent to an activating group) is 1. The molecule has 1 aliphatic rings. The third-order valence-electron chi connectivity index (χ3n) is 3.51. The number of hydrogen-bond donors (Lipinski definition) is 0. The molecule has 0 spiro atoms. The first-order chi connectivity index (χ1) is 7.20. The molecule has 0 aromatic carbocycles. The predicted octanol–water partition coefficient (Wildman–Crippen LogP) is 2.53. The van der Waals surface area contributed by atoms with Crippen LogP contribution >= 0.6 is 0 Å². The molecule has 0 amide bonds. The Labute approximate surface area is 92.3 Å². The molecule has 2 heteroatoms. The summed E-state index contributed by atoms with van der Waals surface area (Å²) in [5, 5.41) is 0. The van der Waals surface area contributed by atoms with Gasteiger partial charge in [-0.1, -0.05) is 19.9 Å². The molecule has 0 saturated carbocycles. The van der Waals surface area contributed by atoms with Crippen molar-refractivity contribution in [2.45, 2.75) is 32.2 Å². The van der Waals surface area contributed by atoms with Crippen molar-refractivity contribution < 1.29 is 0 Å². The number of nitrogens with zero attached hydrogens (tertiary/aromatic N) is 2. The normalized spacial score (nSPS) is 27.5. The molecule has 1 aromatic heterocycles. The van der Waals surface area contributed by atoms with Gasteiger partial charge in [-0.15, -0.1) is 0 Å². The van der Waals surface area contributed by atoms with E-state index in [0.717, 1.165) is 0 Å². The molecule has 0 aliphatic carbocycles. The Morgan fingerprint density at radius 1 is 1.47 bits per heavy atom. The lowest BCUT2D eigenvalue weighted by Gasteiger charge is -2.28. The molecule has 2 nitrogen and oxygen atoms in total. The quantitative estimate of drug-likeness (QED) is 0.736. The Bertz CT molecular complexity index is 308. The molecule has 2 rings (SSSR count). The van der Waals surface area contributed by atoms with Gasteiger partial charge < -0.3 is 4.90 Å². The Morgan fingerprint density at radius 3 is 2.87 bits per heavy atom. The molecule has 1 aromatic rings. The number of hydrogen-bond acceptors (Lipinski definition) is 2. The minimum absolute atomic E-state index is 0.670. The third-order valence-corrected chi connectivity index (χ3v) is 3.51. The highest BCUT2D eigenvalue weighted by Crippen LogP contribution is 2.35. The zero-order valence-electron chi connectivity index (χ0n) is 9.85. The molecule has 2 unspecified atom stereocenters. The van der Waals surface area contributed by atoms with Crippen molar-refractivity contribution in [1.29, 1.82) is 0 Å². The zero-order chi connectivity index (χ0) is 10.8. The Balaban J connectivity index is 2.22. The van der Waals surface area contributed by atoms with E-state index in [9.17, 15) is 0 Å². The first-order valence-corrected chi connectivity index (χ1v) is 5.80. The van der Waals surface area contributed by atoms with Gasteiger partial charge in [0.05, 0.1) is 0 Å². The summed E-state index contributed by atoms with van der Waals surface area (Å²) in [5.41, 5.74) is 1.40. The number of aromatic nitrogens is 1. The molecule has 2 atom stereocenters. The molecular weight excluding hydrogens is 184 g/mol. The maximum absolute atomic E-state index is 4.23. The van der Waals surface area contributed by atoms with Crippen LogP contribution in [0.1, 0.15) is 31.7 Å². The van der Waals surface area contributed by atoms with Gasteiger partial charge in [0.15, 0.2) is 0 Å². The van der Waals surface area contributed by atoms with Gasteiger partial charge in [-0.25, -0.2) is 0 Å². The molecular formula is C13H20N2. The van der Waals surface area contributed by atoms with E-state index in [4.69, 9.17) is 0 Å². The summed E-state index contributed by atoms with van der Waals surface area (Å²) in [4.78, 5) is 6.72. The van der Waals surface area contributed by atoms with Gasteiger partial charge in [0, 0.05) is 24.4 Å². The van der Waals surface area contributed by atoms with Crippen molar-refractivity contribution in [2.75, 3.05) is 13.6 Å². The lowest BCUT2D eigenvalue weighted by molar-refractivity contribution is 0.236. The van der Waals surface area contributed by atoms with Gasteiger partial charge >= 0.3 is 0 Å². The topological polar surface area (TPSA) is 16.1 Å². The van der Waals surface area contributed by atoms with Crippen LogP contribution in [0.25, 0.3) is 0 Å². The fourth-order valence-corrected chi connectivity index (χ4v) is 2.90. The van der Waals surface area contributed by atoms with Crippen LogP contribution in [0, 0.1) is 5.92 Å². The fourth-order valence-electron chi connectivity index (χ4n) is 2.90. The summed E-state index contributed by atoms with van der Waals surface area (Å²) >= 11 is 0. The second-order valence-corrected chi connectivity index (χ2v) is 4.90. The van der Waals surface area contributed by atoms with Crippen LogP contribution in [0.5, 0.6) is 0 Å². The molecule has 2 heterocycles. The number of pyridine rings is 1. The lowest BCUT2D eigenvalue weighted by atomic mass is 9.86. The SMILES string of the molecule is CC(C)C1C(c2cccnc2)CCN1C. The zero-order valence-corrected chi connectivity index (χ0v) is 9.85. The van der Waals surface area contributed by atoms with E-state index in [0.29, 0.717) is 17.9 Å². The Hall–Kier alpha value is -0.890. The summed E-state index contributed by atoms with van der Waals surface area (Å²) < 4.78 is 0. The van der Waals surface area contributed by atoms with Crippen molar-refractivity contribution in [1.82, 2.24) is 9.88 Å². The molecule has 1 aliphatic heterocycles. The van der Waals surface area contributed by atoms with Crippen LogP contribution in [-0.2, 0) is 0 Å². The molecule has 1 fully saturated rings. The van der Waals surface area contributed by atoms with E-state index in [1.165, 1.54) is 18.5 Å². The summed E-state index contributed by atoms with van der Waals surface area (Å²) in [6, 6.07) is 4.94. The monoisotopic (exact) mass is 204 g/mol. The molecule has 1 saturated heterocycles. The van der Waals surface area contributed by atoms with Crippen LogP contribution in [0.3, 0.4) is 0 Å². The first-order valence-electron chi connectivity index (χ1n) is 5.80.